The zero-order chi connectivity index (χ0) is 19.2. The number of amidine groups is 1. The van der Waals surface area contributed by atoms with Crippen molar-refractivity contribution < 1.29 is 4.74 Å². The van der Waals surface area contributed by atoms with Crippen LogP contribution in [0.25, 0.3) is 0 Å². The topological polar surface area (TPSA) is 57.1 Å². The van der Waals surface area contributed by atoms with E-state index >= 15 is 0 Å². The van der Waals surface area contributed by atoms with E-state index in [4.69, 9.17) is 9.73 Å². The van der Waals surface area contributed by atoms with Crippen LogP contribution in [0.1, 0.15) is 12.8 Å². The average molecular weight is 380 g/mol. The standard InChI is InChI=1S/C21H28N6O/c1-25(20-17-28-19-8-3-2-7-18(19)24-20)11-4-5-12-26-13-15-27(16-14-26)21-22-9-6-10-23-21/h2-3,6-10H,4-5,11-17H2,1H3. The largest absolute Gasteiger partial charge is 0.483 e. The van der Waals surface area contributed by atoms with Crippen molar-refractivity contribution in [1.82, 2.24) is 19.8 Å². The number of para-hydroxylation sites is 2. The Bertz CT molecular complexity index is 788. The van der Waals surface area contributed by atoms with Crippen molar-refractivity contribution in [2.45, 2.75) is 12.8 Å². The third kappa shape index (κ3) is 4.59. The lowest BCUT2D eigenvalue weighted by molar-refractivity contribution is 0.248. The van der Waals surface area contributed by atoms with Crippen LogP contribution in [0.5, 0.6) is 5.75 Å². The van der Waals surface area contributed by atoms with Gasteiger partial charge in [0.05, 0.1) is 0 Å². The van der Waals surface area contributed by atoms with Gasteiger partial charge in [-0.2, -0.15) is 0 Å². The summed E-state index contributed by atoms with van der Waals surface area (Å²) in [7, 11) is 2.11. The van der Waals surface area contributed by atoms with Crippen molar-refractivity contribution in [3.8, 4) is 5.75 Å². The molecule has 3 heterocycles. The molecule has 0 aliphatic carbocycles. The van der Waals surface area contributed by atoms with Crippen molar-refractivity contribution in [3.63, 3.8) is 0 Å². The highest BCUT2D eigenvalue weighted by molar-refractivity contribution is 5.88. The molecule has 1 aromatic heterocycles. The Labute approximate surface area is 166 Å². The van der Waals surface area contributed by atoms with Crippen molar-refractivity contribution in [2.75, 3.05) is 57.8 Å². The maximum atomic E-state index is 5.81. The Hall–Kier alpha value is -2.67. The minimum Gasteiger partial charge on any atom is -0.483 e. The van der Waals surface area contributed by atoms with Gasteiger partial charge in [0.15, 0.2) is 0 Å². The summed E-state index contributed by atoms with van der Waals surface area (Å²) in [5, 5.41) is 0. The minimum atomic E-state index is 0.553. The first kappa shape index (κ1) is 18.7. The Morgan fingerprint density at radius 2 is 1.79 bits per heavy atom. The fraction of sp³-hybridized carbons (Fsp3) is 0.476. The number of hydrogen-bond acceptors (Lipinski definition) is 7. The first-order chi connectivity index (χ1) is 13.8. The summed E-state index contributed by atoms with van der Waals surface area (Å²) in [4.78, 5) is 20.5. The number of benzene rings is 1. The van der Waals surface area contributed by atoms with Crippen LogP contribution < -0.4 is 9.64 Å². The number of likely N-dealkylation sites (N-methyl/N-ethyl adjacent to an activating group) is 1. The van der Waals surface area contributed by atoms with Gasteiger partial charge in [0, 0.05) is 52.2 Å². The fourth-order valence-electron chi connectivity index (χ4n) is 3.62. The highest BCUT2D eigenvalue weighted by Crippen LogP contribution is 2.30. The van der Waals surface area contributed by atoms with Gasteiger partial charge in [-0.1, -0.05) is 12.1 Å². The summed E-state index contributed by atoms with van der Waals surface area (Å²) in [5.41, 5.74) is 0.927. The van der Waals surface area contributed by atoms with Crippen LogP contribution in [0.4, 0.5) is 11.6 Å². The highest BCUT2D eigenvalue weighted by atomic mass is 16.5. The Balaban J connectivity index is 1.16. The van der Waals surface area contributed by atoms with Gasteiger partial charge in [-0.3, -0.25) is 4.90 Å². The quantitative estimate of drug-likeness (QED) is 0.718. The Morgan fingerprint density at radius 3 is 2.61 bits per heavy atom. The molecule has 0 bridgehead atoms. The maximum Gasteiger partial charge on any atom is 0.225 e. The lowest BCUT2D eigenvalue weighted by Gasteiger charge is -2.34. The van der Waals surface area contributed by atoms with Crippen LogP contribution in [-0.2, 0) is 0 Å². The van der Waals surface area contributed by atoms with Crippen LogP contribution in [0, 0.1) is 0 Å². The molecule has 148 valence electrons. The number of unbranched alkanes of at least 4 members (excludes halogenated alkanes) is 1. The minimum absolute atomic E-state index is 0.553. The van der Waals surface area contributed by atoms with E-state index in [1.807, 2.05) is 42.7 Å². The van der Waals surface area contributed by atoms with Gasteiger partial charge in [-0.25, -0.2) is 15.0 Å². The first-order valence-corrected chi connectivity index (χ1v) is 10.0. The predicted octanol–water partition coefficient (Wildman–Crippen LogP) is 2.43. The molecule has 28 heavy (non-hydrogen) atoms. The third-order valence-corrected chi connectivity index (χ3v) is 5.34. The van der Waals surface area contributed by atoms with Gasteiger partial charge in [-0.05, 0) is 37.6 Å². The number of rotatable bonds is 6. The predicted molar refractivity (Wildman–Crippen MR) is 112 cm³/mol. The number of piperazine rings is 1. The summed E-state index contributed by atoms with van der Waals surface area (Å²) in [5.74, 6) is 2.73. The van der Waals surface area contributed by atoms with Gasteiger partial charge in [0.1, 0.15) is 23.9 Å². The summed E-state index contributed by atoms with van der Waals surface area (Å²) in [6, 6.07) is 9.82. The van der Waals surface area contributed by atoms with Gasteiger partial charge < -0.3 is 14.5 Å². The molecule has 0 amide bonds. The highest BCUT2D eigenvalue weighted by Gasteiger charge is 2.19. The Morgan fingerprint density at radius 1 is 1.00 bits per heavy atom. The summed E-state index contributed by atoms with van der Waals surface area (Å²) in [6.07, 6.45) is 5.97. The molecule has 7 nitrogen and oxygen atoms in total. The molecular formula is C21H28N6O. The van der Waals surface area contributed by atoms with Crippen molar-refractivity contribution in [3.05, 3.63) is 42.7 Å². The molecule has 0 spiro atoms. The molecule has 0 atom stereocenters. The SMILES string of the molecule is CN(CCCCN1CCN(c2ncccn2)CC1)C1=Nc2ccccc2OC1. The molecule has 2 aliphatic heterocycles. The molecule has 4 rings (SSSR count). The summed E-state index contributed by atoms with van der Waals surface area (Å²) >= 11 is 0. The molecular weight excluding hydrogens is 352 g/mol. The van der Waals surface area contributed by atoms with E-state index in [0.29, 0.717) is 6.61 Å². The van der Waals surface area contributed by atoms with E-state index in [0.717, 1.165) is 68.9 Å². The lowest BCUT2D eigenvalue weighted by Crippen LogP contribution is -2.47. The number of aliphatic imine (C=N–C) groups is 1. The van der Waals surface area contributed by atoms with E-state index in [2.05, 4.69) is 31.7 Å². The van der Waals surface area contributed by atoms with Gasteiger partial charge in [0.2, 0.25) is 5.95 Å². The number of nitrogens with zero attached hydrogens (tertiary/aromatic N) is 6. The van der Waals surface area contributed by atoms with Crippen LogP contribution in [-0.4, -0.2) is 78.5 Å². The van der Waals surface area contributed by atoms with Gasteiger partial charge in [-0.15, -0.1) is 0 Å². The Kier molecular flexibility index (Phi) is 6.01. The van der Waals surface area contributed by atoms with E-state index in [9.17, 15) is 0 Å². The molecule has 0 radical (unpaired) electrons. The molecule has 2 aromatic rings. The van der Waals surface area contributed by atoms with E-state index in [1.165, 1.54) is 6.42 Å². The zero-order valence-corrected chi connectivity index (χ0v) is 16.5. The first-order valence-electron chi connectivity index (χ1n) is 10.0. The zero-order valence-electron chi connectivity index (χ0n) is 16.5. The number of aromatic nitrogens is 2. The molecule has 7 heteroatoms. The normalized spacial score (nSPS) is 16.9. The van der Waals surface area contributed by atoms with E-state index in [1.54, 1.807) is 0 Å². The molecule has 0 unspecified atom stereocenters. The smallest absolute Gasteiger partial charge is 0.225 e. The molecule has 1 aromatic carbocycles. The van der Waals surface area contributed by atoms with Crippen molar-refractivity contribution in [1.29, 1.82) is 0 Å². The van der Waals surface area contributed by atoms with Crippen LogP contribution >= 0.6 is 0 Å². The average Bonchev–Trinajstić information content (AvgIpc) is 2.77. The molecule has 0 N–H and O–H groups in total. The number of fused-ring (bicyclic) bond motifs is 1. The van der Waals surface area contributed by atoms with Crippen molar-refractivity contribution >= 4 is 17.5 Å². The lowest BCUT2D eigenvalue weighted by atomic mass is 10.2. The molecule has 0 saturated carbocycles. The van der Waals surface area contributed by atoms with Gasteiger partial charge >= 0.3 is 0 Å². The van der Waals surface area contributed by atoms with E-state index in [-0.39, 0.29) is 0 Å². The third-order valence-electron chi connectivity index (χ3n) is 5.34. The van der Waals surface area contributed by atoms with E-state index < -0.39 is 0 Å². The van der Waals surface area contributed by atoms with Crippen LogP contribution in [0.2, 0.25) is 0 Å². The second-order valence-corrected chi connectivity index (χ2v) is 7.29. The fourth-order valence-corrected chi connectivity index (χ4v) is 3.62. The van der Waals surface area contributed by atoms with Crippen LogP contribution in [0.15, 0.2) is 47.7 Å². The van der Waals surface area contributed by atoms with Crippen LogP contribution in [0.3, 0.4) is 0 Å². The summed E-state index contributed by atoms with van der Waals surface area (Å²) < 4.78 is 5.81. The second kappa shape index (κ2) is 9.01. The monoisotopic (exact) mass is 380 g/mol. The number of anilines is 1. The van der Waals surface area contributed by atoms with Gasteiger partial charge in [0.25, 0.3) is 0 Å². The number of ether oxygens (including phenoxy) is 1. The molecule has 2 aliphatic rings. The second-order valence-electron chi connectivity index (χ2n) is 7.29. The van der Waals surface area contributed by atoms with Crippen molar-refractivity contribution in [2.24, 2.45) is 4.99 Å². The maximum absolute atomic E-state index is 5.81. The molecule has 1 fully saturated rings. The molecule has 1 saturated heterocycles. The summed E-state index contributed by atoms with van der Waals surface area (Å²) in [6.45, 7) is 6.84. The number of hydrogen-bond donors (Lipinski definition) is 0.